The molecule has 19 heavy (non-hydrogen) atoms. The Hall–Kier alpha value is -1.18. The molecule has 0 aliphatic carbocycles. The summed E-state index contributed by atoms with van der Waals surface area (Å²) < 4.78 is 2.17. The SMILES string of the molecule is CSCCC(C)n1c(CCl)nc2ccc(C#N)cc21. The number of hydrogen-bond acceptors (Lipinski definition) is 3. The maximum atomic E-state index is 9.02. The lowest BCUT2D eigenvalue weighted by Crippen LogP contribution is -2.09. The molecular weight excluding hydrogens is 278 g/mol. The van der Waals surface area contributed by atoms with Crippen LogP contribution in [0, 0.1) is 11.3 Å². The van der Waals surface area contributed by atoms with E-state index in [0.29, 0.717) is 17.5 Å². The van der Waals surface area contributed by atoms with Gasteiger partial charge in [-0.25, -0.2) is 4.98 Å². The molecule has 2 aromatic rings. The predicted molar refractivity (Wildman–Crippen MR) is 81.7 cm³/mol. The monoisotopic (exact) mass is 293 g/mol. The highest BCUT2D eigenvalue weighted by Gasteiger charge is 2.15. The molecule has 2 rings (SSSR count). The van der Waals surface area contributed by atoms with Crippen LogP contribution in [0.25, 0.3) is 11.0 Å². The largest absolute Gasteiger partial charge is 0.324 e. The molecule has 5 heteroatoms. The number of imidazole rings is 1. The Kier molecular flexibility index (Phi) is 4.73. The number of nitriles is 1. The van der Waals surface area contributed by atoms with Gasteiger partial charge in [-0.05, 0) is 43.6 Å². The Balaban J connectivity index is 2.52. The molecule has 0 N–H and O–H groups in total. The molecule has 0 saturated heterocycles. The summed E-state index contributed by atoms with van der Waals surface area (Å²) in [5.74, 6) is 2.36. The molecule has 0 aliphatic rings. The van der Waals surface area contributed by atoms with Gasteiger partial charge in [-0.15, -0.1) is 11.6 Å². The van der Waals surface area contributed by atoms with E-state index in [1.165, 1.54) is 0 Å². The number of hydrogen-bond donors (Lipinski definition) is 0. The van der Waals surface area contributed by atoms with Gasteiger partial charge in [0.25, 0.3) is 0 Å². The second kappa shape index (κ2) is 6.31. The van der Waals surface area contributed by atoms with Crippen LogP contribution in [0.15, 0.2) is 18.2 Å². The van der Waals surface area contributed by atoms with Crippen molar-refractivity contribution in [3.63, 3.8) is 0 Å². The van der Waals surface area contributed by atoms with Crippen molar-refractivity contribution in [3.8, 4) is 6.07 Å². The first-order valence-electron chi connectivity index (χ1n) is 6.17. The standard InChI is InChI=1S/C14H16ClN3S/c1-10(5-6-19-2)18-13-7-11(9-16)3-4-12(13)17-14(18)8-15/h3-4,7,10H,5-6,8H2,1-2H3. The van der Waals surface area contributed by atoms with Gasteiger partial charge in [-0.3, -0.25) is 0 Å². The van der Waals surface area contributed by atoms with E-state index in [1.54, 1.807) is 6.07 Å². The van der Waals surface area contributed by atoms with Crippen molar-refractivity contribution in [2.75, 3.05) is 12.0 Å². The average molecular weight is 294 g/mol. The van der Waals surface area contributed by atoms with Gasteiger partial charge < -0.3 is 4.57 Å². The minimum Gasteiger partial charge on any atom is -0.324 e. The summed E-state index contributed by atoms with van der Waals surface area (Å²) in [5.41, 5.74) is 2.57. The molecule has 0 spiro atoms. The summed E-state index contributed by atoms with van der Waals surface area (Å²) in [4.78, 5) is 4.55. The third-order valence-electron chi connectivity index (χ3n) is 3.19. The molecule has 1 aromatic carbocycles. The summed E-state index contributed by atoms with van der Waals surface area (Å²) in [6.07, 6.45) is 3.17. The molecule has 100 valence electrons. The molecule has 0 saturated carbocycles. The van der Waals surface area contributed by atoms with Gasteiger partial charge >= 0.3 is 0 Å². The minimum atomic E-state index is 0.333. The van der Waals surface area contributed by atoms with Gasteiger partial charge in [0.1, 0.15) is 5.82 Å². The first-order chi connectivity index (χ1) is 9.21. The van der Waals surface area contributed by atoms with E-state index in [9.17, 15) is 0 Å². The van der Waals surface area contributed by atoms with E-state index in [4.69, 9.17) is 16.9 Å². The van der Waals surface area contributed by atoms with Crippen LogP contribution in [0.1, 0.15) is 30.8 Å². The maximum Gasteiger partial charge on any atom is 0.125 e. The molecule has 0 amide bonds. The fourth-order valence-electron chi connectivity index (χ4n) is 2.22. The molecule has 0 bridgehead atoms. The smallest absolute Gasteiger partial charge is 0.125 e. The van der Waals surface area contributed by atoms with Crippen molar-refractivity contribution in [2.45, 2.75) is 25.3 Å². The Morgan fingerprint density at radius 2 is 2.32 bits per heavy atom. The third-order valence-corrected chi connectivity index (χ3v) is 4.07. The lowest BCUT2D eigenvalue weighted by atomic mass is 10.2. The molecule has 0 fully saturated rings. The number of halogens is 1. The van der Waals surface area contributed by atoms with Crippen LogP contribution in [-0.4, -0.2) is 21.6 Å². The summed E-state index contributed by atoms with van der Waals surface area (Å²) in [5, 5.41) is 9.02. The highest BCUT2D eigenvalue weighted by atomic mass is 35.5. The summed E-state index contributed by atoms with van der Waals surface area (Å²) in [7, 11) is 0. The first-order valence-corrected chi connectivity index (χ1v) is 8.10. The Morgan fingerprint density at radius 1 is 1.53 bits per heavy atom. The Bertz CT molecular complexity index is 615. The average Bonchev–Trinajstić information content (AvgIpc) is 2.82. The van der Waals surface area contributed by atoms with Crippen LogP contribution in [0.5, 0.6) is 0 Å². The molecule has 3 nitrogen and oxygen atoms in total. The fraction of sp³-hybridized carbons (Fsp3) is 0.429. The first kappa shape index (κ1) is 14.2. The third kappa shape index (κ3) is 2.88. The number of benzene rings is 1. The van der Waals surface area contributed by atoms with Crippen molar-refractivity contribution in [2.24, 2.45) is 0 Å². The van der Waals surface area contributed by atoms with Crippen LogP contribution in [0.2, 0.25) is 0 Å². The van der Waals surface area contributed by atoms with Crippen molar-refractivity contribution in [3.05, 3.63) is 29.6 Å². The fourth-order valence-corrected chi connectivity index (χ4v) is 2.98. The van der Waals surface area contributed by atoms with Crippen LogP contribution in [0.4, 0.5) is 0 Å². The highest BCUT2D eigenvalue weighted by Crippen LogP contribution is 2.25. The lowest BCUT2D eigenvalue weighted by Gasteiger charge is -2.16. The van der Waals surface area contributed by atoms with Crippen molar-refractivity contribution in [1.29, 1.82) is 5.26 Å². The number of rotatable bonds is 5. The number of nitrogens with zero attached hydrogens (tertiary/aromatic N) is 3. The van der Waals surface area contributed by atoms with Crippen LogP contribution >= 0.6 is 23.4 Å². The summed E-state index contributed by atoms with van der Waals surface area (Å²) in [6.45, 7) is 2.17. The molecular formula is C14H16ClN3S. The number of thioether (sulfide) groups is 1. The zero-order chi connectivity index (χ0) is 13.8. The highest BCUT2D eigenvalue weighted by molar-refractivity contribution is 7.98. The van der Waals surface area contributed by atoms with Crippen molar-refractivity contribution >= 4 is 34.4 Å². The molecule has 0 aliphatic heterocycles. The van der Waals surface area contributed by atoms with E-state index in [1.807, 2.05) is 23.9 Å². The van der Waals surface area contributed by atoms with Gasteiger partial charge in [0, 0.05) is 6.04 Å². The normalized spacial score (nSPS) is 12.5. The van der Waals surface area contributed by atoms with Crippen molar-refractivity contribution in [1.82, 2.24) is 9.55 Å². The van der Waals surface area contributed by atoms with E-state index < -0.39 is 0 Å². The zero-order valence-corrected chi connectivity index (χ0v) is 12.6. The van der Waals surface area contributed by atoms with Crippen LogP contribution in [-0.2, 0) is 5.88 Å². The number of alkyl halides is 1. The zero-order valence-electron chi connectivity index (χ0n) is 11.1. The topological polar surface area (TPSA) is 41.6 Å². The minimum absolute atomic E-state index is 0.333. The number of fused-ring (bicyclic) bond motifs is 1. The maximum absolute atomic E-state index is 9.02. The van der Waals surface area contributed by atoms with Gasteiger partial charge in [0.15, 0.2) is 0 Å². The van der Waals surface area contributed by atoms with Gasteiger partial charge in [0.2, 0.25) is 0 Å². The second-order valence-electron chi connectivity index (χ2n) is 4.48. The van der Waals surface area contributed by atoms with Crippen molar-refractivity contribution < 1.29 is 0 Å². The molecule has 1 aromatic heterocycles. The van der Waals surface area contributed by atoms with Gasteiger partial charge in [-0.1, -0.05) is 0 Å². The van der Waals surface area contributed by atoms with Crippen LogP contribution in [0.3, 0.4) is 0 Å². The van der Waals surface area contributed by atoms with E-state index in [0.717, 1.165) is 29.0 Å². The second-order valence-corrected chi connectivity index (χ2v) is 5.73. The summed E-state index contributed by atoms with van der Waals surface area (Å²) in [6, 6.07) is 8.09. The van der Waals surface area contributed by atoms with E-state index in [2.05, 4.69) is 28.8 Å². The van der Waals surface area contributed by atoms with E-state index >= 15 is 0 Å². The lowest BCUT2D eigenvalue weighted by molar-refractivity contribution is 0.534. The molecule has 0 radical (unpaired) electrons. The predicted octanol–water partition coefficient (Wildman–Crippen LogP) is 3.96. The van der Waals surface area contributed by atoms with Gasteiger partial charge in [0.05, 0.1) is 28.5 Å². The van der Waals surface area contributed by atoms with Gasteiger partial charge in [-0.2, -0.15) is 17.0 Å². The quantitative estimate of drug-likeness (QED) is 0.784. The molecule has 1 atom stereocenters. The number of aromatic nitrogens is 2. The molecule has 1 unspecified atom stereocenters. The molecule has 1 heterocycles. The Labute approximate surface area is 122 Å². The van der Waals surface area contributed by atoms with Crippen LogP contribution < -0.4 is 0 Å². The Morgan fingerprint density at radius 3 is 2.95 bits per heavy atom. The van der Waals surface area contributed by atoms with E-state index in [-0.39, 0.29) is 0 Å². The summed E-state index contributed by atoms with van der Waals surface area (Å²) >= 11 is 7.84.